The van der Waals surface area contributed by atoms with Crippen LogP contribution in [0.1, 0.15) is 26.2 Å². The number of rotatable bonds is 5. The van der Waals surface area contributed by atoms with Crippen LogP contribution >= 0.6 is 0 Å². The van der Waals surface area contributed by atoms with Gasteiger partial charge in [-0.2, -0.15) is 0 Å². The quantitative estimate of drug-likeness (QED) is 0.646. The van der Waals surface area contributed by atoms with Crippen molar-refractivity contribution in [1.29, 1.82) is 0 Å². The van der Waals surface area contributed by atoms with E-state index in [0.29, 0.717) is 6.42 Å². The number of amides is 1. The van der Waals surface area contributed by atoms with E-state index in [1.165, 1.54) is 0 Å². The van der Waals surface area contributed by atoms with Gasteiger partial charge in [-0.3, -0.25) is 14.1 Å². The number of carbonyl (C=O) groups is 1. The first-order valence-corrected chi connectivity index (χ1v) is 5.72. The second-order valence-corrected chi connectivity index (χ2v) is 4.22. The molecule has 1 heterocycles. The van der Waals surface area contributed by atoms with Crippen LogP contribution in [-0.2, 0) is 4.79 Å². The minimum absolute atomic E-state index is 0.00544. The number of hydrogen-bond donors (Lipinski definition) is 0. The average molecular weight is 216 g/mol. The molecule has 0 spiro atoms. The van der Waals surface area contributed by atoms with Gasteiger partial charge >= 0.3 is 0 Å². The zero-order chi connectivity index (χ0) is 11.3. The van der Waals surface area contributed by atoms with E-state index in [1.54, 1.807) is 4.90 Å². The summed E-state index contributed by atoms with van der Waals surface area (Å²) in [6, 6.07) is -0.00544. The van der Waals surface area contributed by atoms with Crippen molar-refractivity contribution in [3.63, 3.8) is 0 Å². The number of nitrogens with zero attached hydrogens (tertiary/aromatic N) is 2. The minimum atomic E-state index is -0.225. The molecule has 1 atom stereocenters. The molecule has 1 aliphatic heterocycles. The van der Waals surface area contributed by atoms with Crippen LogP contribution in [0.4, 0.5) is 4.39 Å². The molecule has 3 nitrogen and oxygen atoms in total. The molecule has 1 aliphatic rings. The van der Waals surface area contributed by atoms with Gasteiger partial charge in [-0.05, 0) is 32.7 Å². The molecule has 0 aromatic carbocycles. The molecule has 0 radical (unpaired) electrons. The third kappa shape index (κ3) is 3.45. The van der Waals surface area contributed by atoms with Crippen LogP contribution < -0.4 is 0 Å². The van der Waals surface area contributed by atoms with Crippen molar-refractivity contribution in [1.82, 2.24) is 9.80 Å². The van der Waals surface area contributed by atoms with Crippen LogP contribution in [0.5, 0.6) is 0 Å². The Morgan fingerprint density at radius 1 is 1.33 bits per heavy atom. The molecule has 0 aliphatic carbocycles. The predicted molar refractivity (Wildman–Crippen MR) is 58.5 cm³/mol. The molecule has 1 fully saturated rings. The second kappa shape index (κ2) is 6.05. The zero-order valence-electron chi connectivity index (χ0n) is 9.71. The van der Waals surface area contributed by atoms with Crippen molar-refractivity contribution in [2.75, 3.05) is 33.4 Å². The highest BCUT2D eigenvalue weighted by atomic mass is 19.1. The molecule has 15 heavy (non-hydrogen) atoms. The van der Waals surface area contributed by atoms with Crippen molar-refractivity contribution in [3.8, 4) is 0 Å². The van der Waals surface area contributed by atoms with Gasteiger partial charge in [0.25, 0.3) is 0 Å². The highest BCUT2D eigenvalue weighted by Gasteiger charge is 2.28. The van der Waals surface area contributed by atoms with E-state index in [2.05, 4.69) is 4.90 Å². The molecule has 1 saturated heterocycles. The molecule has 4 heteroatoms. The van der Waals surface area contributed by atoms with Gasteiger partial charge < -0.3 is 4.90 Å². The third-order valence-corrected chi connectivity index (χ3v) is 3.08. The first-order valence-electron chi connectivity index (χ1n) is 5.72. The Hall–Kier alpha value is -0.640. The largest absolute Gasteiger partial charge is 0.343 e. The maximum atomic E-state index is 11.9. The monoisotopic (exact) mass is 216 g/mol. The molecule has 1 amide bonds. The number of likely N-dealkylation sites (N-methyl/N-ethyl adjacent to an activating group) is 1. The molecule has 0 aromatic heterocycles. The molecule has 0 aromatic rings. The van der Waals surface area contributed by atoms with Gasteiger partial charge in [0, 0.05) is 20.1 Å². The summed E-state index contributed by atoms with van der Waals surface area (Å²) in [6.07, 6.45) is 2.56. The molecule has 88 valence electrons. The Labute approximate surface area is 91.2 Å². The standard InChI is InChI=1S/C11H21FN2O/c1-10-11(15)13(2)8-9-14(10)7-5-3-4-6-12/h10H,3-9H2,1-2H3. The van der Waals surface area contributed by atoms with E-state index in [1.807, 2.05) is 14.0 Å². The lowest BCUT2D eigenvalue weighted by atomic mass is 10.1. The summed E-state index contributed by atoms with van der Waals surface area (Å²) in [5.41, 5.74) is 0. The van der Waals surface area contributed by atoms with Crippen LogP contribution in [0.25, 0.3) is 0 Å². The molecule has 1 unspecified atom stereocenters. The normalized spacial score (nSPS) is 23.5. The van der Waals surface area contributed by atoms with Crippen LogP contribution in [0.3, 0.4) is 0 Å². The van der Waals surface area contributed by atoms with Gasteiger partial charge in [0.05, 0.1) is 12.7 Å². The average Bonchev–Trinajstić information content (AvgIpc) is 2.24. The van der Waals surface area contributed by atoms with Crippen molar-refractivity contribution in [2.45, 2.75) is 32.2 Å². The fraction of sp³-hybridized carbons (Fsp3) is 0.909. The van der Waals surface area contributed by atoms with Crippen LogP contribution in [0, 0.1) is 0 Å². The predicted octanol–water partition coefficient (Wildman–Crippen LogP) is 1.29. The number of piperazine rings is 1. The van der Waals surface area contributed by atoms with Gasteiger partial charge in [-0.1, -0.05) is 0 Å². The van der Waals surface area contributed by atoms with Crippen molar-refractivity contribution in [2.24, 2.45) is 0 Å². The summed E-state index contributed by atoms with van der Waals surface area (Å²) in [4.78, 5) is 15.6. The maximum Gasteiger partial charge on any atom is 0.239 e. The molecule has 0 bridgehead atoms. The third-order valence-electron chi connectivity index (χ3n) is 3.08. The minimum Gasteiger partial charge on any atom is -0.343 e. The lowest BCUT2D eigenvalue weighted by Crippen LogP contribution is -2.54. The van der Waals surface area contributed by atoms with Crippen molar-refractivity contribution in [3.05, 3.63) is 0 Å². The molecular formula is C11H21FN2O. The van der Waals surface area contributed by atoms with E-state index < -0.39 is 0 Å². The van der Waals surface area contributed by atoms with E-state index in [4.69, 9.17) is 0 Å². The SMILES string of the molecule is CC1C(=O)N(C)CCN1CCCCCF. The summed E-state index contributed by atoms with van der Waals surface area (Å²) in [6.45, 7) is 4.40. The smallest absolute Gasteiger partial charge is 0.239 e. The zero-order valence-corrected chi connectivity index (χ0v) is 9.71. The number of hydrogen-bond acceptors (Lipinski definition) is 2. The molecule has 1 rings (SSSR count). The van der Waals surface area contributed by atoms with Gasteiger partial charge in [-0.25, -0.2) is 0 Å². The number of carbonyl (C=O) groups excluding carboxylic acids is 1. The molecule has 0 N–H and O–H groups in total. The first-order chi connectivity index (χ1) is 7.16. The second-order valence-electron chi connectivity index (χ2n) is 4.22. The van der Waals surface area contributed by atoms with Crippen molar-refractivity contribution < 1.29 is 9.18 Å². The van der Waals surface area contributed by atoms with E-state index in [0.717, 1.165) is 32.5 Å². The number of alkyl halides is 1. The first kappa shape index (κ1) is 12.4. The van der Waals surface area contributed by atoms with E-state index >= 15 is 0 Å². The Balaban J connectivity index is 2.27. The Kier molecular flexibility index (Phi) is 5.02. The summed E-state index contributed by atoms with van der Waals surface area (Å²) in [5, 5.41) is 0. The Morgan fingerprint density at radius 2 is 2.07 bits per heavy atom. The Bertz CT molecular complexity index is 211. The van der Waals surface area contributed by atoms with Gasteiger partial charge in [0.1, 0.15) is 0 Å². The van der Waals surface area contributed by atoms with Crippen LogP contribution in [0.2, 0.25) is 0 Å². The van der Waals surface area contributed by atoms with Crippen LogP contribution in [0.15, 0.2) is 0 Å². The fourth-order valence-corrected chi connectivity index (χ4v) is 1.95. The van der Waals surface area contributed by atoms with E-state index in [-0.39, 0.29) is 18.6 Å². The Morgan fingerprint density at radius 3 is 2.73 bits per heavy atom. The van der Waals surface area contributed by atoms with Gasteiger partial charge in [-0.15, -0.1) is 0 Å². The van der Waals surface area contributed by atoms with Gasteiger partial charge in [0.15, 0.2) is 0 Å². The lowest BCUT2D eigenvalue weighted by Gasteiger charge is -2.37. The summed E-state index contributed by atoms with van der Waals surface area (Å²) in [5.74, 6) is 0.201. The van der Waals surface area contributed by atoms with Crippen LogP contribution in [-0.4, -0.2) is 55.1 Å². The highest BCUT2D eigenvalue weighted by molar-refractivity contribution is 5.81. The maximum absolute atomic E-state index is 11.9. The summed E-state index contributed by atoms with van der Waals surface area (Å²) < 4.78 is 11.9. The number of halogens is 1. The topological polar surface area (TPSA) is 23.6 Å². The number of unbranched alkanes of at least 4 members (excludes halogenated alkanes) is 2. The molecular weight excluding hydrogens is 195 g/mol. The summed E-state index contributed by atoms with van der Waals surface area (Å²) in [7, 11) is 1.85. The lowest BCUT2D eigenvalue weighted by molar-refractivity contribution is -0.139. The van der Waals surface area contributed by atoms with Crippen molar-refractivity contribution >= 4 is 5.91 Å². The molecule has 0 saturated carbocycles. The summed E-state index contributed by atoms with van der Waals surface area (Å²) >= 11 is 0. The highest BCUT2D eigenvalue weighted by Crippen LogP contribution is 2.11. The van der Waals surface area contributed by atoms with E-state index in [9.17, 15) is 9.18 Å². The van der Waals surface area contributed by atoms with Gasteiger partial charge in [0.2, 0.25) is 5.91 Å². The fourth-order valence-electron chi connectivity index (χ4n) is 1.95.